The van der Waals surface area contributed by atoms with E-state index in [1.54, 1.807) is 11.0 Å². The van der Waals surface area contributed by atoms with Crippen LogP contribution >= 0.6 is 15.9 Å². The number of hydrogen-bond donors (Lipinski definition) is 2. The lowest BCUT2D eigenvalue weighted by atomic mass is 9.90. The molecule has 2 heterocycles. The quantitative estimate of drug-likeness (QED) is 0.853. The highest BCUT2D eigenvalue weighted by Crippen LogP contribution is 2.29. The van der Waals surface area contributed by atoms with Crippen LogP contribution in [0.5, 0.6) is 0 Å². The van der Waals surface area contributed by atoms with Crippen LogP contribution in [0.4, 0.5) is 0 Å². The zero-order valence-electron chi connectivity index (χ0n) is 10.2. The fraction of sp³-hybridized carbons (Fsp3) is 0.500. The number of aromatic nitrogens is 1. The first-order chi connectivity index (χ1) is 8.45. The molecule has 5 nitrogen and oxygen atoms in total. The smallest absolute Gasteiger partial charge is 0.262 e. The molecule has 0 spiro atoms. The minimum Gasteiger partial charge on any atom is -0.338 e. The van der Waals surface area contributed by atoms with Crippen molar-refractivity contribution in [2.45, 2.75) is 13.3 Å². The molecule has 1 fully saturated rings. The molecule has 1 aromatic rings. The standard InChI is InChI=1S/C12H16BrN3O2/c1-12(6-14)2-3-16(7-12)11(18)8-4-9(13)10(17)15-5-8/h4-5H,2-3,6-7,14H2,1H3,(H,15,17). The van der Waals surface area contributed by atoms with E-state index in [9.17, 15) is 9.59 Å². The van der Waals surface area contributed by atoms with Crippen molar-refractivity contribution in [3.8, 4) is 0 Å². The van der Waals surface area contributed by atoms with Gasteiger partial charge in [0, 0.05) is 19.3 Å². The van der Waals surface area contributed by atoms with E-state index in [-0.39, 0.29) is 16.9 Å². The van der Waals surface area contributed by atoms with Crippen molar-refractivity contribution < 1.29 is 4.79 Å². The van der Waals surface area contributed by atoms with Gasteiger partial charge in [-0.25, -0.2) is 0 Å². The second-order valence-corrected chi connectivity index (χ2v) is 5.91. The predicted octanol–water partition coefficient (Wildman–Crippen LogP) is 0.948. The van der Waals surface area contributed by atoms with E-state index in [1.807, 2.05) is 0 Å². The summed E-state index contributed by atoms with van der Waals surface area (Å²) in [7, 11) is 0. The number of amides is 1. The number of nitrogens with two attached hydrogens (primary N) is 1. The summed E-state index contributed by atoms with van der Waals surface area (Å²) < 4.78 is 0.370. The van der Waals surface area contributed by atoms with Crippen LogP contribution in [0.3, 0.4) is 0 Å². The molecule has 2 rings (SSSR count). The highest BCUT2D eigenvalue weighted by Gasteiger charge is 2.35. The maximum Gasteiger partial charge on any atom is 0.262 e. The maximum atomic E-state index is 12.3. The van der Waals surface area contributed by atoms with Gasteiger partial charge in [-0.2, -0.15) is 0 Å². The van der Waals surface area contributed by atoms with Crippen molar-refractivity contribution >= 4 is 21.8 Å². The van der Waals surface area contributed by atoms with Crippen LogP contribution in [0.1, 0.15) is 23.7 Å². The summed E-state index contributed by atoms with van der Waals surface area (Å²) in [5.74, 6) is -0.0656. The minimum atomic E-state index is -0.236. The van der Waals surface area contributed by atoms with Crippen molar-refractivity contribution in [1.82, 2.24) is 9.88 Å². The highest BCUT2D eigenvalue weighted by molar-refractivity contribution is 9.10. The Morgan fingerprint density at radius 1 is 1.67 bits per heavy atom. The number of carbonyl (C=O) groups excluding carboxylic acids is 1. The van der Waals surface area contributed by atoms with E-state index < -0.39 is 0 Å². The van der Waals surface area contributed by atoms with E-state index in [0.717, 1.165) is 6.42 Å². The number of nitrogens with one attached hydrogen (secondary N) is 1. The summed E-state index contributed by atoms with van der Waals surface area (Å²) in [6.45, 7) is 4.04. The van der Waals surface area contributed by atoms with Crippen molar-refractivity contribution in [1.29, 1.82) is 0 Å². The van der Waals surface area contributed by atoms with Gasteiger partial charge in [-0.1, -0.05) is 6.92 Å². The zero-order chi connectivity index (χ0) is 13.3. The molecule has 0 bridgehead atoms. The summed E-state index contributed by atoms with van der Waals surface area (Å²) >= 11 is 3.12. The van der Waals surface area contributed by atoms with Gasteiger partial charge in [0.15, 0.2) is 0 Å². The molecule has 1 saturated heterocycles. The van der Waals surface area contributed by atoms with Crippen LogP contribution < -0.4 is 11.3 Å². The number of rotatable bonds is 2. The first-order valence-electron chi connectivity index (χ1n) is 5.83. The molecular formula is C12H16BrN3O2. The molecule has 0 radical (unpaired) electrons. The Kier molecular flexibility index (Phi) is 3.59. The minimum absolute atomic E-state index is 0.00901. The largest absolute Gasteiger partial charge is 0.338 e. The Morgan fingerprint density at radius 3 is 2.94 bits per heavy atom. The third-order valence-electron chi connectivity index (χ3n) is 3.44. The van der Waals surface area contributed by atoms with Crippen molar-refractivity contribution in [2.24, 2.45) is 11.1 Å². The number of pyridine rings is 1. The molecule has 1 atom stereocenters. The number of aromatic amines is 1. The normalized spacial score (nSPS) is 23.4. The van der Waals surface area contributed by atoms with Gasteiger partial charge in [0.1, 0.15) is 0 Å². The first kappa shape index (κ1) is 13.3. The van der Waals surface area contributed by atoms with Crippen molar-refractivity contribution in [3.63, 3.8) is 0 Å². The maximum absolute atomic E-state index is 12.3. The van der Waals surface area contributed by atoms with E-state index in [2.05, 4.69) is 27.8 Å². The third-order valence-corrected chi connectivity index (χ3v) is 4.03. The molecule has 1 aliphatic heterocycles. The molecule has 1 aromatic heterocycles. The van der Waals surface area contributed by atoms with Gasteiger partial charge in [-0.05, 0) is 40.4 Å². The molecule has 0 aromatic carbocycles. The second-order valence-electron chi connectivity index (χ2n) is 5.06. The number of carbonyl (C=O) groups is 1. The summed E-state index contributed by atoms with van der Waals surface area (Å²) in [6, 6.07) is 1.55. The van der Waals surface area contributed by atoms with Gasteiger partial charge < -0.3 is 15.6 Å². The monoisotopic (exact) mass is 313 g/mol. The van der Waals surface area contributed by atoms with Crippen LogP contribution in [0, 0.1) is 5.41 Å². The Hall–Kier alpha value is -1.14. The number of H-pyrrole nitrogens is 1. The average Bonchev–Trinajstić information content (AvgIpc) is 2.75. The van der Waals surface area contributed by atoms with Crippen LogP contribution in [0.25, 0.3) is 0 Å². The Balaban J connectivity index is 2.18. The molecule has 18 heavy (non-hydrogen) atoms. The Morgan fingerprint density at radius 2 is 2.39 bits per heavy atom. The number of hydrogen-bond acceptors (Lipinski definition) is 3. The number of halogens is 1. The lowest BCUT2D eigenvalue weighted by Gasteiger charge is -2.22. The first-order valence-corrected chi connectivity index (χ1v) is 6.62. The van der Waals surface area contributed by atoms with E-state index in [4.69, 9.17) is 5.73 Å². The predicted molar refractivity (Wildman–Crippen MR) is 72.4 cm³/mol. The third kappa shape index (κ3) is 2.49. The zero-order valence-corrected chi connectivity index (χ0v) is 11.8. The molecule has 3 N–H and O–H groups in total. The van der Waals surface area contributed by atoms with E-state index >= 15 is 0 Å². The van der Waals surface area contributed by atoms with Crippen LogP contribution in [0.2, 0.25) is 0 Å². The fourth-order valence-electron chi connectivity index (χ4n) is 2.13. The summed E-state index contributed by atoms with van der Waals surface area (Å²) in [5, 5.41) is 0. The van der Waals surface area contributed by atoms with Gasteiger partial charge in [-0.15, -0.1) is 0 Å². The molecule has 98 valence electrons. The van der Waals surface area contributed by atoms with Gasteiger partial charge >= 0.3 is 0 Å². The average molecular weight is 314 g/mol. The summed E-state index contributed by atoms with van der Waals surface area (Å²) in [5.41, 5.74) is 5.98. The van der Waals surface area contributed by atoms with E-state index in [1.165, 1.54) is 6.20 Å². The van der Waals surface area contributed by atoms with Gasteiger partial charge in [-0.3, -0.25) is 9.59 Å². The van der Waals surface area contributed by atoms with Crippen molar-refractivity contribution in [3.05, 3.63) is 32.7 Å². The molecule has 1 aliphatic rings. The molecule has 1 unspecified atom stereocenters. The lowest BCUT2D eigenvalue weighted by Crippen LogP contribution is -2.34. The van der Waals surface area contributed by atoms with Gasteiger partial charge in [0.05, 0.1) is 10.0 Å². The molecule has 6 heteroatoms. The number of likely N-dealkylation sites (tertiary alicyclic amines) is 1. The lowest BCUT2D eigenvalue weighted by molar-refractivity contribution is 0.0776. The fourth-order valence-corrected chi connectivity index (χ4v) is 2.49. The second kappa shape index (κ2) is 4.85. The Bertz CT molecular complexity index is 528. The van der Waals surface area contributed by atoms with Crippen LogP contribution in [0.15, 0.2) is 21.5 Å². The van der Waals surface area contributed by atoms with Gasteiger partial charge in [0.2, 0.25) is 0 Å². The van der Waals surface area contributed by atoms with Crippen molar-refractivity contribution in [2.75, 3.05) is 19.6 Å². The molecule has 0 saturated carbocycles. The molecule has 0 aliphatic carbocycles. The Labute approximate surface area is 113 Å². The molecule has 1 amide bonds. The summed E-state index contributed by atoms with van der Waals surface area (Å²) in [6.07, 6.45) is 2.37. The van der Waals surface area contributed by atoms with E-state index in [0.29, 0.717) is 29.7 Å². The highest BCUT2D eigenvalue weighted by atomic mass is 79.9. The SMILES string of the molecule is CC1(CN)CCN(C(=O)c2c[nH]c(=O)c(Br)c2)C1. The number of nitrogens with zero attached hydrogens (tertiary/aromatic N) is 1. The van der Waals surface area contributed by atoms with Crippen LogP contribution in [-0.2, 0) is 0 Å². The summed E-state index contributed by atoms with van der Waals surface area (Å²) in [4.78, 5) is 27.8. The van der Waals surface area contributed by atoms with Crippen LogP contribution in [-0.4, -0.2) is 35.4 Å². The van der Waals surface area contributed by atoms with Gasteiger partial charge in [0.25, 0.3) is 11.5 Å². The molecular weight excluding hydrogens is 298 g/mol. The topological polar surface area (TPSA) is 79.2 Å².